The van der Waals surface area contributed by atoms with Crippen LogP contribution < -0.4 is 0 Å². The maximum absolute atomic E-state index is 10.8. The minimum absolute atomic E-state index is 0.144. The molecule has 0 N–H and O–H groups in total. The van der Waals surface area contributed by atoms with Gasteiger partial charge in [0.15, 0.2) is 0 Å². The zero-order chi connectivity index (χ0) is 9.03. The summed E-state index contributed by atoms with van der Waals surface area (Å²) < 4.78 is 10.5. The molecule has 1 rings (SSSR count). The molecule has 70 valence electrons. The van der Waals surface area contributed by atoms with Gasteiger partial charge in [-0.3, -0.25) is 4.79 Å². The molecule has 0 unspecified atom stereocenters. The molecule has 0 amide bonds. The van der Waals surface area contributed by atoms with Crippen molar-refractivity contribution >= 4 is 5.97 Å². The van der Waals surface area contributed by atoms with Gasteiger partial charge in [-0.15, -0.1) is 0 Å². The van der Waals surface area contributed by atoms with Gasteiger partial charge in [-0.1, -0.05) is 13.3 Å². The molecule has 3 heteroatoms. The fourth-order valence-electron chi connectivity index (χ4n) is 1.21. The highest BCUT2D eigenvalue weighted by atomic mass is 16.7. The van der Waals surface area contributed by atoms with Crippen molar-refractivity contribution in [1.82, 2.24) is 0 Å². The standard InChI is InChI=1S/C9H16O3/c1-3-4-7-11-9(2)6-5-8(10)12-9/h3-7H2,1-2H3/t9-/m1/s1. The van der Waals surface area contributed by atoms with Crippen LogP contribution in [0.5, 0.6) is 0 Å². The van der Waals surface area contributed by atoms with Crippen molar-refractivity contribution in [3.8, 4) is 0 Å². The number of carbonyl (C=O) groups is 1. The average molecular weight is 172 g/mol. The molecule has 0 radical (unpaired) electrons. The Morgan fingerprint density at radius 3 is 2.92 bits per heavy atom. The fraction of sp³-hybridized carbons (Fsp3) is 0.889. The second-order valence-corrected chi connectivity index (χ2v) is 3.31. The van der Waals surface area contributed by atoms with Gasteiger partial charge in [0.25, 0.3) is 0 Å². The van der Waals surface area contributed by atoms with Crippen LogP contribution in [0.1, 0.15) is 39.5 Å². The van der Waals surface area contributed by atoms with Crippen LogP contribution in [0, 0.1) is 0 Å². The highest BCUT2D eigenvalue weighted by Crippen LogP contribution is 2.27. The molecule has 0 spiro atoms. The van der Waals surface area contributed by atoms with Gasteiger partial charge < -0.3 is 9.47 Å². The van der Waals surface area contributed by atoms with E-state index in [0.29, 0.717) is 19.4 Å². The summed E-state index contributed by atoms with van der Waals surface area (Å²) in [4.78, 5) is 10.8. The van der Waals surface area contributed by atoms with E-state index in [2.05, 4.69) is 6.92 Å². The quantitative estimate of drug-likeness (QED) is 0.479. The summed E-state index contributed by atoms with van der Waals surface area (Å²) in [5, 5.41) is 0. The van der Waals surface area contributed by atoms with Gasteiger partial charge in [0, 0.05) is 13.3 Å². The molecule has 1 heterocycles. The van der Waals surface area contributed by atoms with Gasteiger partial charge in [0.05, 0.1) is 13.0 Å². The Balaban J connectivity index is 2.25. The lowest BCUT2D eigenvalue weighted by Gasteiger charge is -2.22. The Kier molecular flexibility index (Phi) is 3.09. The number of cyclic esters (lactones) is 1. The van der Waals surface area contributed by atoms with Crippen LogP contribution in [0.3, 0.4) is 0 Å². The first kappa shape index (κ1) is 9.52. The minimum Gasteiger partial charge on any atom is -0.433 e. The van der Waals surface area contributed by atoms with E-state index in [0.717, 1.165) is 12.8 Å². The zero-order valence-electron chi connectivity index (χ0n) is 7.76. The summed E-state index contributed by atoms with van der Waals surface area (Å²) in [6, 6.07) is 0. The van der Waals surface area contributed by atoms with Gasteiger partial charge in [-0.2, -0.15) is 0 Å². The van der Waals surface area contributed by atoms with Crippen molar-refractivity contribution in [2.24, 2.45) is 0 Å². The van der Waals surface area contributed by atoms with Crippen molar-refractivity contribution in [2.45, 2.75) is 45.3 Å². The largest absolute Gasteiger partial charge is 0.433 e. The highest BCUT2D eigenvalue weighted by Gasteiger charge is 2.36. The van der Waals surface area contributed by atoms with Crippen LogP contribution in [-0.4, -0.2) is 18.4 Å². The second-order valence-electron chi connectivity index (χ2n) is 3.31. The SMILES string of the molecule is CCCCO[C@@]1(C)CCC(=O)O1. The van der Waals surface area contributed by atoms with Crippen LogP contribution in [0.25, 0.3) is 0 Å². The van der Waals surface area contributed by atoms with E-state index in [4.69, 9.17) is 9.47 Å². The first-order chi connectivity index (χ1) is 5.66. The Morgan fingerprint density at radius 2 is 2.42 bits per heavy atom. The van der Waals surface area contributed by atoms with Gasteiger partial charge in [-0.25, -0.2) is 0 Å². The summed E-state index contributed by atoms with van der Waals surface area (Å²) >= 11 is 0. The molecule has 12 heavy (non-hydrogen) atoms. The third-order valence-electron chi connectivity index (χ3n) is 2.02. The number of unbranched alkanes of at least 4 members (excludes halogenated alkanes) is 1. The highest BCUT2D eigenvalue weighted by molar-refractivity contribution is 5.71. The lowest BCUT2D eigenvalue weighted by molar-refractivity contribution is -0.203. The predicted molar refractivity (Wildman–Crippen MR) is 44.6 cm³/mol. The van der Waals surface area contributed by atoms with Gasteiger partial charge in [0.1, 0.15) is 0 Å². The van der Waals surface area contributed by atoms with Gasteiger partial charge >= 0.3 is 5.97 Å². The van der Waals surface area contributed by atoms with Crippen molar-refractivity contribution in [3.05, 3.63) is 0 Å². The Hall–Kier alpha value is -0.570. The van der Waals surface area contributed by atoms with E-state index in [1.54, 1.807) is 0 Å². The molecule has 3 nitrogen and oxygen atoms in total. The normalized spacial score (nSPS) is 29.0. The average Bonchev–Trinajstić information content (AvgIpc) is 2.32. The summed E-state index contributed by atoms with van der Waals surface area (Å²) in [5.74, 6) is -0.777. The minimum atomic E-state index is -0.633. The van der Waals surface area contributed by atoms with Gasteiger partial charge in [0.2, 0.25) is 5.79 Å². The smallest absolute Gasteiger partial charge is 0.308 e. The molecule has 0 aromatic heterocycles. The molecule has 0 aliphatic carbocycles. The van der Waals surface area contributed by atoms with Gasteiger partial charge in [-0.05, 0) is 6.42 Å². The van der Waals surface area contributed by atoms with Crippen molar-refractivity contribution in [2.75, 3.05) is 6.61 Å². The number of carbonyl (C=O) groups excluding carboxylic acids is 1. The lowest BCUT2D eigenvalue weighted by Crippen LogP contribution is -2.28. The maximum Gasteiger partial charge on any atom is 0.308 e. The topological polar surface area (TPSA) is 35.5 Å². The second kappa shape index (κ2) is 3.90. The maximum atomic E-state index is 10.8. The molecule has 1 saturated heterocycles. The summed E-state index contributed by atoms with van der Waals surface area (Å²) in [5.41, 5.74) is 0. The van der Waals surface area contributed by atoms with E-state index in [1.165, 1.54) is 0 Å². The molecule has 1 fully saturated rings. The number of esters is 1. The number of hydrogen-bond acceptors (Lipinski definition) is 3. The summed E-state index contributed by atoms with van der Waals surface area (Å²) in [6.45, 7) is 4.61. The molecule has 1 aliphatic rings. The first-order valence-corrected chi connectivity index (χ1v) is 4.52. The van der Waals surface area contributed by atoms with E-state index >= 15 is 0 Å². The van der Waals surface area contributed by atoms with Crippen molar-refractivity contribution < 1.29 is 14.3 Å². The summed E-state index contributed by atoms with van der Waals surface area (Å²) in [6.07, 6.45) is 3.30. The fourth-order valence-corrected chi connectivity index (χ4v) is 1.21. The van der Waals surface area contributed by atoms with E-state index in [-0.39, 0.29) is 5.97 Å². The van der Waals surface area contributed by atoms with E-state index in [1.807, 2.05) is 6.92 Å². The molecular weight excluding hydrogens is 156 g/mol. The molecule has 0 aromatic carbocycles. The van der Waals surface area contributed by atoms with Crippen molar-refractivity contribution in [3.63, 3.8) is 0 Å². The van der Waals surface area contributed by atoms with Crippen molar-refractivity contribution in [1.29, 1.82) is 0 Å². The van der Waals surface area contributed by atoms with Crippen LogP contribution in [-0.2, 0) is 14.3 Å². The number of hydrogen-bond donors (Lipinski definition) is 0. The molecule has 0 saturated carbocycles. The first-order valence-electron chi connectivity index (χ1n) is 4.52. The molecule has 1 aliphatic heterocycles. The Labute approximate surface area is 73.0 Å². The molecular formula is C9H16O3. The predicted octanol–water partition coefficient (Wildman–Crippen LogP) is 1.86. The monoisotopic (exact) mass is 172 g/mol. The molecule has 0 bridgehead atoms. The number of rotatable bonds is 4. The lowest BCUT2D eigenvalue weighted by atomic mass is 10.2. The molecule has 1 atom stereocenters. The third kappa shape index (κ3) is 2.48. The Bertz CT molecular complexity index is 167. The zero-order valence-corrected chi connectivity index (χ0v) is 7.76. The summed E-state index contributed by atoms with van der Waals surface area (Å²) in [7, 11) is 0. The van der Waals surface area contributed by atoms with E-state index in [9.17, 15) is 4.79 Å². The van der Waals surface area contributed by atoms with E-state index < -0.39 is 5.79 Å². The van der Waals surface area contributed by atoms with Crippen LogP contribution >= 0.6 is 0 Å². The Morgan fingerprint density at radius 1 is 1.67 bits per heavy atom. The number of ether oxygens (including phenoxy) is 2. The third-order valence-corrected chi connectivity index (χ3v) is 2.02. The van der Waals surface area contributed by atoms with Crippen LogP contribution in [0.4, 0.5) is 0 Å². The van der Waals surface area contributed by atoms with Crippen LogP contribution in [0.15, 0.2) is 0 Å². The molecule has 0 aromatic rings. The van der Waals surface area contributed by atoms with Crippen LogP contribution in [0.2, 0.25) is 0 Å².